The van der Waals surface area contributed by atoms with E-state index < -0.39 is 0 Å². The molecule has 13 heavy (non-hydrogen) atoms. The molecule has 0 spiro atoms. The molecule has 1 heteroatoms. The maximum Gasteiger partial charge on any atom is 0.0101 e. The van der Waals surface area contributed by atoms with E-state index in [0.29, 0.717) is 0 Å². The molecule has 0 rings (SSSR count). The normalized spacial score (nSPS) is 11.3. The lowest BCUT2D eigenvalue weighted by molar-refractivity contribution is 0.901. The molecule has 0 saturated carbocycles. The number of rotatable bonds is 7. The van der Waals surface area contributed by atoms with Gasteiger partial charge >= 0.3 is 0 Å². The van der Waals surface area contributed by atoms with Crippen LogP contribution in [0.4, 0.5) is 0 Å². The highest BCUT2D eigenvalue weighted by molar-refractivity contribution is 5.28. The third-order valence-corrected chi connectivity index (χ3v) is 1.80. The molecule has 0 bridgehead atoms. The van der Waals surface area contributed by atoms with Crippen LogP contribution in [-0.4, -0.2) is 0 Å². The van der Waals surface area contributed by atoms with Gasteiger partial charge in [0.2, 0.25) is 0 Å². The van der Waals surface area contributed by atoms with E-state index in [9.17, 15) is 0 Å². The first-order valence-corrected chi connectivity index (χ1v) is 4.38. The number of nitrogens with two attached hydrogens (primary N) is 1. The molecule has 0 aliphatic heterocycles. The Hall–Kier alpha value is -1.24. The summed E-state index contributed by atoms with van der Waals surface area (Å²) < 4.78 is 0. The Morgan fingerprint density at radius 2 is 1.38 bits per heavy atom. The van der Waals surface area contributed by atoms with E-state index in [-0.39, 0.29) is 0 Å². The molecular formula is C12H18N. The Morgan fingerprint density at radius 1 is 0.923 bits per heavy atom. The van der Waals surface area contributed by atoms with E-state index in [1.165, 1.54) is 5.92 Å². The number of allylic oxidation sites excluding steroid dienone is 4. The van der Waals surface area contributed by atoms with Crippen molar-refractivity contribution in [3.63, 3.8) is 0 Å². The second-order valence-corrected chi connectivity index (χ2v) is 2.77. The number of hydrogen-bond donors (Lipinski definition) is 1. The first kappa shape index (κ1) is 11.8. The summed E-state index contributed by atoms with van der Waals surface area (Å²) in [6, 6.07) is 0. The minimum atomic E-state index is 0.813. The summed E-state index contributed by atoms with van der Waals surface area (Å²) in [7, 11) is 0. The van der Waals surface area contributed by atoms with E-state index in [1.807, 2.05) is 18.2 Å². The molecule has 0 aliphatic carbocycles. The maximum absolute atomic E-state index is 5.52. The van der Waals surface area contributed by atoms with Crippen molar-refractivity contribution in [2.24, 2.45) is 5.73 Å². The van der Waals surface area contributed by atoms with Gasteiger partial charge in [0.25, 0.3) is 0 Å². The quantitative estimate of drug-likeness (QED) is 0.592. The van der Waals surface area contributed by atoms with Gasteiger partial charge in [0.15, 0.2) is 0 Å². The van der Waals surface area contributed by atoms with Gasteiger partial charge < -0.3 is 5.73 Å². The maximum atomic E-state index is 5.52. The SMILES string of the molecule is C=CC[C](CC=C)/C(=C/N)CC=C. The van der Waals surface area contributed by atoms with Crippen LogP contribution in [0.2, 0.25) is 0 Å². The fraction of sp³-hybridized carbons (Fsp3) is 0.250. The predicted molar refractivity (Wildman–Crippen MR) is 60.0 cm³/mol. The average Bonchev–Trinajstić information content (AvgIpc) is 2.14. The minimum absolute atomic E-state index is 0.813. The van der Waals surface area contributed by atoms with E-state index in [4.69, 9.17) is 5.73 Å². The molecule has 0 aromatic heterocycles. The van der Waals surface area contributed by atoms with Crippen molar-refractivity contribution in [2.45, 2.75) is 19.3 Å². The molecule has 1 nitrogen and oxygen atoms in total. The molecular weight excluding hydrogens is 158 g/mol. The zero-order chi connectivity index (χ0) is 10.1. The van der Waals surface area contributed by atoms with Crippen molar-refractivity contribution < 1.29 is 0 Å². The highest BCUT2D eigenvalue weighted by atomic mass is 14.5. The monoisotopic (exact) mass is 176 g/mol. The first-order chi connectivity index (χ1) is 6.29. The molecule has 0 aliphatic rings. The largest absolute Gasteiger partial charge is 0.405 e. The third-order valence-electron chi connectivity index (χ3n) is 1.80. The Labute approximate surface area is 81.3 Å². The van der Waals surface area contributed by atoms with Gasteiger partial charge in [-0.15, -0.1) is 19.7 Å². The smallest absolute Gasteiger partial charge is 0.0101 e. The summed E-state index contributed by atoms with van der Waals surface area (Å²) in [6.45, 7) is 11.1. The van der Waals surface area contributed by atoms with Crippen LogP contribution in [0, 0.1) is 5.92 Å². The van der Waals surface area contributed by atoms with Crippen LogP contribution in [0.3, 0.4) is 0 Å². The Kier molecular flexibility index (Phi) is 6.70. The highest BCUT2D eigenvalue weighted by Crippen LogP contribution is 2.24. The number of hydrogen-bond acceptors (Lipinski definition) is 1. The fourth-order valence-corrected chi connectivity index (χ4v) is 1.18. The van der Waals surface area contributed by atoms with Gasteiger partial charge in [-0.3, -0.25) is 0 Å². The summed E-state index contributed by atoms with van der Waals surface area (Å²) in [5, 5.41) is 0. The Morgan fingerprint density at radius 3 is 1.69 bits per heavy atom. The lowest BCUT2D eigenvalue weighted by Crippen LogP contribution is -2.01. The summed E-state index contributed by atoms with van der Waals surface area (Å²) in [6.07, 6.45) is 9.80. The van der Waals surface area contributed by atoms with Gasteiger partial charge in [0.1, 0.15) is 0 Å². The van der Waals surface area contributed by atoms with Crippen molar-refractivity contribution in [2.75, 3.05) is 0 Å². The van der Waals surface area contributed by atoms with Gasteiger partial charge in [0, 0.05) is 5.92 Å². The highest BCUT2D eigenvalue weighted by Gasteiger charge is 2.09. The second-order valence-electron chi connectivity index (χ2n) is 2.77. The van der Waals surface area contributed by atoms with Crippen molar-refractivity contribution in [1.29, 1.82) is 0 Å². The molecule has 2 N–H and O–H groups in total. The molecule has 0 saturated heterocycles. The van der Waals surface area contributed by atoms with Crippen LogP contribution < -0.4 is 5.73 Å². The second kappa shape index (κ2) is 7.41. The van der Waals surface area contributed by atoms with Crippen LogP contribution in [0.25, 0.3) is 0 Å². The summed E-state index contributed by atoms with van der Waals surface area (Å²) in [5.74, 6) is 1.27. The Bertz CT molecular complexity index is 191. The van der Waals surface area contributed by atoms with Gasteiger partial charge in [0.05, 0.1) is 0 Å². The van der Waals surface area contributed by atoms with E-state index in [0.717, 1.165) is 24.8 Å². The van der Waals surface area contributed by atoms with Gasteiger partial charge in [-0.1, -0.05) is 18.2 Å². The summed E-state index contributed by atoms with van der Waals surface area (Å²) >= 11 is 0. The zero-order valence-corrected chi connectivity index (χ0v) is 8.13. The Balaban J connectivity index is 4.36. The first-order valence-electron chi connectivity index (χ1n) is 4.38. The molecule has 0 amide bonds. The van der Waals surface area contributed by atoms with Crippen molar-refractivity contribution in [1.82, 2.24) is 0 Å². The molecule has 0 atom stereocenters. The van der Waals surface area contributed by atoms with Gasteiger partial charge in [-0.25, -0.2) is 0 Å². The van der Waals surface area contributed by atoms with Crippen molar-refractivity contribution >= 4 is 0 Å². The third kappa shape index (κ3) is 4.36. The predicted octanol–water partition coefficient (Wildman–Crippen LogP) is 3.13. The van der Waals surface area contributed by atoms with Crippen LogP contribution in [0.5, 0.6) is 0 Å². The topological polar surface area (TPSA) is 26.0 Å². The van der Waals surface area contributed by atoms with E-state index >= 15 is 0 Å². The molecule has 0 fully saturated rings. The zero-order valence-electron chi connectivity index (χ0n) is 8.13. The van der Waals surface area contributed by atoms with Crippen LogP contribution in [0.15, 0.2) is 49.7 Å². The molecule has 71 valence electrons. The standard InChI is InChI=1S/C12H18N/c1-4-7-11(8-5-2)12(10-13)9-6-3/h4-6,10H,1-3,7-9,13H2/b12-10+. The van der Waals surface area contributed by atoms with Gasteiger partial charge in [-0.2, -0.15) is 0 Å². The van der Waals surface area contributed by atoms with E-state index in [1.54, 1.807) is 6.20 Å². The van der Waals surface area contributed by atoms with Gasteiger partial charge in [-0.05, 0) is 31.0 Å². The van der Waals surface area contributed by atoms with Crippen molar-refractivity contribution in [3.05, 3.63) is 55.7 Å². The minimum Gasteiger partial charge on any atom is -0.405 e. The average molecular weight is 176 g/mol. The molecule has 1 radical (unpaired) electrons. The van der Waals surface area contributed by atoms with Crippen LogP contribution >= 0.6 is 0 Å². The van der Waals surface area contributed by atoms with Crippen LogP contribution in [-0.2, 0) is 0 Å². The lowest BCUT2D eigenvalue weighted by atomic mass is 9.91. The molecule has 0 heterocycles. The molecule has 0 aromatic carbocycles. The van der Waals surface area contributed by atoms with Crippen LogP contribution in [0.1, 0.15) is 19.3 Å². The van der Waals surface area contributed by atoms with Crippen molar-refractivity contribution in [3.8, 4) is 0 Å². The summed E-state index contributed by atoms with van der Waals surface area (Å²) in [5.41, 5.74) is 6.66. The van der Waals surface area contributed by atoms with E-state index in [2.05, 4.69) is 19.7 Å². The summed E-state index contributed by atoms with van der Waals surface area (Å²) in [4.78, 5) is 0. The molecule has 0 aromatic rings. The molecule has 0 unspecified atom stereocenters. The lowest BCUT2D eigenvalue weighted by Gasteiger charge is -2.14. The fourth-order valence-electron chi connectivity index (χ4n) is 1.18.